The first-order chi connectivity index (χ1) is 10.7. The molecule has 1 aromatic carbocycles. The van der Waals surface area contributed by atoms with E-state index in [9.17, 15) is 5.11 Å². The summed E-state index contributed by atoms with van der Waals surface area (Å²) >= 11 is 0. The number of rotatable bonds is 4. The van der Waals surface area contributed by atoms with Crippen molar-refractivity contribution in [2.75, 3.05) is 11.4 Å². The van der Waals surface area contributed by atoms with Crippen LogP contribution in [0.4, 0.5) is 5.69 Å². The Hall–Kier alpha value is -2.74. The topological polar surface area (TPSA) is 23.5 Å². The SMILES string of the molecule is C=CC1=C(O)/C(=C/N2CCc3ccccc32)C(C=C)=C1C=C. The molecule has 2 nitrogen and oxygen atoms in total. The van der Waals surface area contributed by atoms with E-state index in [0.717, 1.165) is 29.7 Å². The van der Waals surface area contributed by atoms with Crippen LogP contribution >= 0.6 is 0 Å². The number of allylic oxidation sites excluding steroid dienone is 6. The van der Waals surface area contributed by atoms with Crippen molar-refractivity contribution in [3.63, 3.8) is 0 Å². The summed E-state index contributed by atoms with van der Waals surface area (Å²) in [7, 11) is 0. The number of para-hydroxylation sites is 1. The second-order valence-electron chi connectivity index (χ2n) is 5.32. The minimum absolute atomic E-state index is 0.240. The zero-order valence-corrected chi connectivity index (χ0v) is 12.5. The lowest BCUT2D eigenvalue weighted by Gasteiger charge is -2.16. The van der Waals surface area contributed by atoms with Gasteiger partial charge in [-0.25, -0.2) is 0 Å². The van der Waals surface area contributed by atoms with Crippen LogP contribution < -0.4 is 4.90 Å². The van der Waals surface area contributed by atoms with E-state index in [4.69, 9.17) is 0 Å². The standard InChI is InChI=1S/C20H19NO/c1-4-15-16(5-2)18(20(22)17(15)6-3)13-21-12-11-14-9-7-8-10-19(14)21/h4-10,13,22H,1-3,11-12H2/b18-13+. The molecule has 0 fully saturated rings. The van der Waals surface area contributed by atoms with Crippen LogP contribution in [0.3, 0.4) is 0 Å². The molecule has 1 aromatic rings. The predicted octanol–water partition coefficient (Wildman–Crippen LogP) is 4.61. The van der Waals surface area contributed by atoms with E-state index >= 15 is 0 Å². The number of nitrogens with zero attached hydrogens (tertiary/aromatic N) is 1. The Morgan fingerprint density at radius 1 is 0.955 bits per heavy atom. The molecule has 0 bridgehead atoms. The minimum atomic E-state index is 0.240. The van der Waals surface area contributed by atoms with Crippen molar-refractivity contribution in [3.8, 4) is 0 Å². The molecule has 2 aliphatic rings. The summed E-state index contributed by atoms with van der Waals surface area (Å²) in [6.07, 6.45) is 8.17. The summed E-state index contributed by atoms with van der Waals surface area (Å²) in [5.41, 5.74) is 5.78. The van der Waals surface area contributed by atoms with Gasteiger partial charge in [-0.2, -0.15) is 0 Å². The Balaban J connectivity index is 2.10. The molecular formula is C20H19NO. The molecule has 0 spiro atoms. The second-order valence-corrected chi connectivity index (χ2v) is 5.32. The maximum absolute atomic E-state index is 10.5. The van der Waals surface area contributed by atoms with Crippen LogP contribution in [0.5, 0.6) is 0 Å². The Kier molecular flexibility index (Phi) is 3.60. The van der Waals surface area contributed by atoms with Gasteiger partial charge in [0.25, 0.3) is 0 Å². The van der Waals surface area contributed by atoms with Gasteiger partial charge >= 0.3 is 0 Å². The van der Waals surface area contributed by atoms with E-state index in [0.29, 0.717) is 5.57 Å². The average molecular weight is 289 g/mol. The summed E-state index contributed by atoms with van der Waals surface area (Å²) in [6, 6.07) is 8.35. The van der Waals surface area contributed by atoms with E-state index in [1.807, 2.05) is 12.3 Å². The molecule has 0 saturated heterocycles. The molecule has 3 rings (SSSR count). The van der Waals surface area contributed by atoms with Crippen LogP contribution in [0.2, 0.25) is 0 Å². The lowest BCUT2D eigenvalue weighted by atomic mass is 10.0. The largest absolute Gasteiger partial charge is 0.507 e. The van der Waals surface area contributed by atoms with Gasteiger partial charge in [-0.15, -0.1) is 0 Å². The van der Waals surface area contributed by atoms with E-state index in [2.05, 4.69) is 42.8 Å². The fourth-order valence-corrected chi connectivity index (χ4v) is 3.12. The molecule has 0 saturated carbocycles. The molecule has 0 aromatic heterocycles. The Bertz CT molecular complexity index is 762. The van der Waals surface area contributed by atoms with Crippen LogP contribution in [0.15, 0.2) is 96.5 Å². The van der Waals surface area contributed by atoms with Crippen molar-refractivity contribution < 1.29 is 5.11 Å². The quantitative estimate of drug-likeness (QED) is 0.874. The van der Waals surface area contributed by atoms with Gasteiger partial charge in [-0.1, -0.05) is 56.2 Å². The number of anilines is 1. The summed E-state index contributed by atoms with van der Waals surface area (Å²) < 4.78 is 0. The minimum Gasteiger partial charge on any atom is -0.507 e. The second kappa shape index (κ2) is 5.57. The van der Waals surface area contributed by atoms with Gasteiger partial charge < -0.3 is 10.0 Å². The lowest BCUT2D eigenvalue weighted by Crippen LogP contribution is -2.13. The molecule has 110 valence electrons. The third-order valence-electron chi connectivity index (χ3n) is 4.20. The van der Waals surface area contributed by atoms with Crippen molar-refractivity contribution in [3.05, 3.63) is 102 Å². The van der Waals surface area contributed by atoms with Gasteiger partial charge in [-0.3, -0.25) is 0 Å². The number of aliphatic hydroxyl groups excluding tert-OH is 1. The maximum atomic E-state index is 10.5. The van der Waals surface area contributed by atoms with Gasteiger partial charge in [0.1, 0.15) is 5.76 Å². The van der Waals surface area contributed by atoms with Crippen LogP contribution in [-0.4, -0.2) is 11.7 Å². The maximum Gasteiger partial charge on any atom is 0.132 e. The highest BCUT2D eigenvalue weighted by atomic mass is 16.3. The third-order valence-corrected chi connectivity index (χ3v) is 4.20. The Morgan fingerprint density at radius 3 is 2.32 bits per heavy atom. The van der Waals surface area contributed by atoms with Crippen LogP contribution in [0, 0.1) is 0 Å². The van der Waals surface area contributed by atoms with Crippen molar-refractivity contribution >= 4 is 5.69 Å². The molecule has 1 heterocycles. The molecule has 2 heteroatoms. The van der Waals surface area contributed by atoms with Gasteiger partial charge in [0, 0.05) is 29.6 Å². The highest BCUT2D eigenvalue weighted by Gasteiger charge is 2.26. The van der Waals surface area contributed by atoms with Crippen LogP contribution in [-0.2, 0) is 6.42 Å². The summed E-state index contributed by atoms with van der Waals surface area (Å²) in [5, 5.41) is 10.5. The predicted molar refractivity (Wildman–Crippen MR) is 92.8 cm³/mol. The van der Waals surface area contributed by atoms with Gasteiger partial charge in [0.2, 0.25) is 0 Å². The van der Waals surface area contributed by atoms with Crippen LogP contribution in [0.25, 0.3) is 0 Å². The first kappa shape index (κ1) is 14.2. The van der Waals surface area contributed by atoms with E-state index in [1.54, 1.807) is 18.2 Å². The Morgan fingerprint density at radius 2 is 1.64 bits per heavy atom. The zero-order chi connectivity index (χ0) is 15.7. The first-order valence-electron chi connectivity index (χ1n) is 7.33. The smallest absolute Gasteiger partial charge is 0.132 e. The molecule has 1 N–H and O–H groups in total. The fourth-order valence-electron chi connectivity index (χ4n) is 3.12. The summed E-state index contributed by atoms with van der Waals surface area (Å²) in [6.45, 7) is 12.4. The summed E-state index contributed by atoms with van der Waals surface area (Å²) in [5.74, 6) is 0.240. The van der Waals surface area contributed by atoms with E-state index < -0.39 is 0 Å². The first-order valence-corrected chi connectivity index (χ1v) is 7.33. The molecule has 0 atom stereocenters. The fraction of sp³-hybridized carbons (Fsp3) is 0.100. The normalized spacial score (nSPS) is 18.9. The molecule has 0 amide bonds. The van der Waals surface area contributed by atoms with Gasteiger partial charge in [0.05, 0.1) is 0 Å². The van der Waals surface area contributed by atoms with Gasteiger partial charge in [0.15, 0.2) is 0 Å². The number of hydrogen-bond acceptors (Lipinski definition) is 2. The summed E-state index contributed by atoms with van der Waals surface area (Å²) in [4.78, 5) is 2.18. The number of benzene rings is 1. The van der Waals surface area contributed by atoms with E-state index in [-0.39, 0.29) is 5.76 Å². The van der Waals surface area contributed by atoms with Crippen molar-refractivity contribution in [1.29, 1.82) is 0 Å². The monoisotopic (exact) mass is 289 g/mol. The molecule has 1 aliphatic carbocycles. The number of hydrogen-bond donors (Lipinski definition) is 1. The molecule has 0 unspecified atom stereocenters. The molecule has 22 heavy (non-hydrogen) atoms. The van der Waals surface area contributed by atoms with Crippen molar-refractivity contribution in [1.82, 2.24) is 0 Å². The third kappa shape index (κ3) is 2.04. The molecule has 0 radical (unpaired) electrons. The van der Waals surface area contributed by atoms with Crippen LogP contribution in [0.1, 0.15) is 5.56 Å². The number of aliphatic hydroxyl groups is 1. The van der Waals surface area contributed by atoms with Crippen molar-refractivity contribution in [2.24, 2.45) is 0 Å². The average Bonchev–Trinajstić information content (AvgIpc) is 3.07. The lowest BCUT2D eigenvalue weighted by molar-refractivity contribution is 0.424. The van der Waals surface area contributed by atoms with Crippen molar-refractivity contribution in [2.45, 2.75) is 6.42 Å². The number of fused-ring (bicyclic) bond motifs is 1. The Labute approximate surface area is 131 Å². The molecular weight excluding hydrogens is 270 g/mol. The highest BCUT2D eigenvalue weighted by molar-refractivity contribution is 5.72. The zero-order valence-electron chi connectivity index (χ0n) is 12.5. The highest BCUT2D eigenvalue weighted by Crippen LogP contribution is 2.39. The molecule has 1 aliphatic heterocycles. The van der Waals surface area contributed by atoms with Gasteiger partial charge in [-0.05, 0) is 29.2 Å². The van der Waals surface area contributed by atoms with E-state index in [1.165, 1.54) is 11.3 Å².